The van der Waals surface area contributed by atoms with Gasteiger partial charge >= 0.3 is 0 Å². The van der Waals surface area contributed by atoms with Crippen molar-refractivity contribution in [2.45, 2.75) is 11.4 Å². The number of nitrogens with one attached hydrogen (secondary N) is 1. The summed E-state index contributed by atoms with van der Waals surface area (Å²) in [5.41, 5.74) is -0.0351. The van der Waals surface area contributed by atoms with Gasteiger partial charge in [0.2, 0.25) is 15.9 Å². The van der Waals surface area contributed by atoms with Gasteiger partial charge in [-0.2, -0.15) is 0 Å². The first-order valence-electron chi connectivity index (χ1n) is 5.18. The molecule has 0 aliphatic rings. The molecule has 20 heavy (non-hydrogen) atoms. The number of carbonyl (C=O) groups is 1. The Morgan fingerprint density at radius 3 is 2.75 bits per heavy atom. The van der Waals surface area contributed by atoms with E-state index >= 15 is 0 Å². The molecule has 0 spiro atoms. The molecule has 0 atom stereocenters. The van der Waals surface area contributed by atoms with Crippen LogP contribution in [0.3, 0.4) is 0 Å². The topological polar surface area (TPSA) is 133 Å². The number of primary sulfonamides is 1. The number of nitrogens with zero attached hydrogens (tertiary/aromatic N) is 4. The third-order valence-electron chi connectivity index (χ3n) is 2.18. The fourth-order valence-corrected chi connectivity index (χ4v) is 1.97. The summed E-state index contributed by atoms with van der Waals surface area (Å²) in [6.45, 7) is -0.200. The summed E-state index contributed by atoms with van der Waals surface area (Å²) in [7, 11) is -4.06. The van der Waals surface area contributed by atoms with Gasteiger partial charge < -0.3 is 5.32 Å². The van der Waals surface area contributed by atoms with Gasteiger partial charge in [-0.25, -0.2) is 22.6 Å². The fourth-order valence-electron chi connectivity index (χ4n) is 1.40. The number of hydrogen-bond donors (Lipinski definition) is 2. The van der Waals surface area contributed by atoms with Gasteiger partial charge in [0.05, 0.1) is 4.90 Å². The minimum atomic E-state index is -4.06. The average molecular weight is 300 g/mol. The Balaban J connectivity index is 2.17. The largest absolute Gasteiger partial charge is 0.324 e. The fraction of sp³-hybridized carbons (Fsp3) is 0.111. The summed E-state index contributed by atoms with van der Waals surface area (Å²) < 4.78 is 36.7. The monoisotopic (exact) mass is 300 g/mol. The molecule has 1 heterocycles. The summed E-state index contributed by atoms with van der Waals surface area (Å²) in [6, 6.07) is 2.77. The molecule has 0 bridgehead atoms. The zero-order valence-electron chi connectivity index (χ0n) is 9.89. The summed E-state index contributed by atoms with van der Waals surface area (Å²) >= 11 is 0. The first kappa shape index (κ1) is 14.0. The molecule has 2 rings (SSSR count). The van der Waals surface area contributed by atoms with Crippen LogP contribution in [0.15, 0.2) is 29.4 Å². The maximum Gasteiger partial charge on any atom is 0.246 e. The number of sulfonamides is 1. The Morgan fingerprint density at radius 2 is 2.15 bits per heavy atom. The molecule has 0 saturated carbocycles. The zero-order valence-corrected chi connectivity index (χ0v) is 10.7. The van der Waals surface area contributed by atoms with Crippen LogP contribution in [0.25, 0.3) is 0 Å². The smallest absolute Gasteiger partial charge is 0.246 e. The maximum atomic E-state index is 13.3. The van der Waals surface area contributed by atoms with Crippen molar-refractivity contribution in [3.8, 4) is 0 Å². The second-order valence-electron chi connectivity index (χ2n) is 3.78. The highest BCUT2D eigenvalue weighted by Crippen LogP contribution is 2.17. The number of tetrazole rings is 1. The van der Waals surface area contributed by atoms with Crippen LogP contribution in [0.4, 0.5) is 10.1 Å². The van der Waals surface area contributed by atoms with Crippen LogP contribution in [0.2, 0.25) is 0 Å². The van der Waals surface area contributed by atoms with E-state index in [9.17, 15) is 17.6 Å². The minimum Gasteiger partial charge on any atom is -0.324 e. The third kappa shape index (κ3) is 3.55. The molecular weight excluding hydrogens is 291 g/mol. The molecule has 1 aromatic carbocycles. The Morgan fingerprint density at radius 1 is 1.40 bits per heavy atom. The van der Waals surface area contributed by atoms with Gasteiger partial charge in [-0.3, -0.25) is 4.79 Å². The Kier molecular flexibility index (Phi) is 3.72. The highest BCUT2D eigenvalue weighted by molar-refractivity contribution is 7.89. The lowest BCUT2D eigenvalue weighted by Gasteiger charge is -2.07. The molecule has 0 fully saturated rings. The van der Waals surface area contributed by atoms with Crippen molar-refractivity contribution in [1.82, 2.24) is 20.2 Å². The first-order valence-corrected chi connectivity index (χ1v) is 6.73. The van der Waals surface area contributed by atoms with Crippen molar-refractivity contribution < 1.29 is 17.6 Å². The standard InChI is InChI=1S/C9H9FN6O3S/c10-6-1-7(3-8(2-6)20(11,18)19)13-9(17)4-16-5-12-14-15-16/h1-3,5H,4H2,(H,13,17)(H2,11,18,19). The van der Waals surface area contributed by atoms with Crippen molar-refractivity contribution in [3.63, 3.8) is 0 Å². The van der Waals surface area contributed by atoms with Crippen LogP contribution in [-0.2, 0) is 21.4 Å². The second kappa shape index (κ2) is 5.30. The molecular formula is C9H9FN6O3S. The van der Waals surface area contributed by atoms with E-state index in [4.69, 9.17) is 5.14 Å². The number of rotatable bonds is 4. The van der Waals surface area contributed by atoms with E-state index in [0.29, 0.717) is 0 Å². The predicted molar refractivity (Wildman–Crippen MR) is 64.2 cm³/mol. The number of aromatic nitrogens is 4. The van der Waals surface area contributed by atoms with Gasteiger partial charge in [-0.15, -0.1) is 5.10 Å². The SMILES string of the molecule is NS(=O)(=O)c1cc(F)cc(NC(=O)Cn2cnnn2)c1. The van der Waals surface area contributed by atoms with Gasteiger partial charge in [0.15, 0.2) is 0 Å². The van der Waals surface area contributed by atoms with Crippen molar-refractivity contribution >= 4 is 21.6 Å². The zero-order chi connectivity index (χ0) is 14.8. The van der Waals surface area contributed by atoms with Crippen LogP contribution >= 0.6 is 0 Å². The molecule has 3 N–H and O–H groups in total. The van der Waals surface area contributed by atoms with Crippen LogP contribution in [0, 0.1) is 5.82 Å². The highest BCUT2D eigenvalue weighted by atomic mass is 32.2. The molecule has 0 aliphatic carbocycles. The molecule has 0 saturated heterocycles. The predicted octanol–water partition coefficient (Wildman–Crippen LogP) is -0.902. The lowest BCUT2D eigenvalue weighted by atomic mass is 10.3. The molecule has 0 unspecified atom stereocenters. The molecule has 1 amide bonds. The van der Waals surface area contributed by atoms with E-state index in [1.165, 1.54) is 6.33 Å². The third-order valence-corrected chi connectivity index (χ3v) is 3.07. The quantitative estimate of drug-likeness (QED) is 0.751. The van der Waals surface area contributed by atoms with Crippen molar-refractivity contribution in [2.24, 2.45) is 5.14 Å². The van der Waals surface area contributed by atoms with E-state index in [1.54, 1.807) is 0 Å². The Hall–Kier alpha value is -2.40. The number of hydrogen-bond acceptors (Lipinski definition) is 6. The number of nitrogens with two attached hydrogens (primary N) is 1. The number of anilines is 1. The Labute approximate surface area is 112 Å². The van der Waals surface area contributed by atoms with Gasteiger partial charge in [0, 0.05) is 5.69 Å². The van der Waals surface area contributed by atoms with E-state index < -0.39 is 26.6 Å². The number of carbonyl (C=O) groups excluding carboxylic acids is 1. The van der Waals surface area contributed by atoms with E-state index in [-0.39, 0.29) is 12.2 Å². The van der Waals surface area contributed by atoms with E-state index in [1.807, 2.05) is 0 Å². The van der Waals surface area contributed by atoms with Gasteiger partial charge in [0.1, 0.15) is 18.7 Å². The maximum absolute atomic E-state index is 13.3. The van der Waals surface area contributed by atoms with E-state index in [2.05, 4.69) is 20.8 Å². The van der Waals surface area contributed by atoms with Crippen LogP contribution < -0.4 is 10.5 Å². The Bertz CT molecular complexity index is 730. The van der Waals surface area contributed by atoms with Gasteiger partial charge in [-0.05, 0) is 28.6 Å². The average Bonchev–Trinajstić information content (AvgIpc) is 2.79. The van der Waals surface area contributed by atoms with E-state index in [0.717, 1.165) is 22.9 Å². The summed E-state index contributed by atoms with van der Waals surface area (Å²) in [5, 5.41) is 17.4. The van der Waals surface area contributed by atoms with Crippen molar-refractivity contribution in [2.75, 3.05) is 5.32 Å². The summed E-state index contributed by atoms with van der Waals surface area (Å²) in [6.07, 6.45) is 1.22. The van der Waals surface area contributed by atoms with Crippen molar-refractivity contribution in [1.29, 1.82) is 0 Å². The van der Waals surface area contributed by atoms with Gasteiger partial charge in [-0.1, -0.05) is 0 Å². The molecule has 0 radical (unpaired) electrons. The lowest BCUT2D eigenvalue weighted by molar-refractivity contribution is -0.116. The normalized spacial score (nSPS) is 11.3. The molecule has 9 nitrogen and oxygen atoms in total. The molecule has 11 heteroatoms. The number of halogens is 1. The number of benzene rings is 1. The number of amides is 1. The minimum absolute atomic E-state index is 0.0351. The molecule has 0 aliphatic heterocycles. The molecule has 1 aromatic heterocycles. The van der Waals surface area contributed by atoms with Gasteiger partial charge in [0.25, 0.3) is 0 Å². The summed E-state index contributed by atoms with van der Waals surface area (Å²) in [4.78, 5) is 11.2. The lowest BCUT2D eigenvalue weighted by Crippen LogP contribution is -2.20. The van der Waals surface area contributed by atoms with Crippen LogP contribution in [-0.4, -0.2) is 34.5 Å². The molecule has 106 valence electrons. The second-order valence-corrected chi connectivity index (χ2v) is 5.34. The highest BCUT2D eigenvalue weighted by Gasteiger charge is 2.12. The first-order chi connectivity index (χ1) is 9.34. The molecule has 2 aromatic rings. The van der Waals surface area contributed by atoms with Crippen molar-refractivity contribution in [3.05, 3.63) is 30.3 Å². The van der Waals surface area contributed by atoms with Crippen LogP contribution in [0.1, 0.15) is 0 Å². The summed E-state index contributed by atoms with van der Waals surface area (Å²) in [5.74, 6) is -1.39. The van der Waals surface area contributed by atoms with Crippen LogP contribution in [0.5, 0.6) is 0 Å².